The highest BCUT2D eigenvalue weighted by Crippen LogP contribution is 2.24. The minimum absolute atomic E-state index is 0.211. The Morgan fingerprint density at radius 2 is 1.85 bits per heavy atom. The number of benzene rings is 1. The van der Waals surface area contributed by atoms with Crippen LogP contribution in [0.3, 0.4) is 0 Å². The van der Waals surface area contributed by atoms with Crippen LogP contribution < -0.4 is 10.0 Å². The molecule has 0 amide bonds. The van der Waals surface area contributed by atoms with Gasteiger partial charge in [0.25, 0.3) is 0 Å². The van der Waals surface area contributed by atoms with Gasteiger partial charge in [-0.05, 0) is 19.1 Å². The van der Waals surface area contributed by atoms with Gasteiger partial charge < -0.3 is 5.32 Å². The first-order chi connectivity index (χ1) is 9.20. The van der Waals surface area contributed by atoms with Gasteiger partial charge in [-0.2, -0.15) is 8.78 Å². The lowest BCUT2D eigenvalue weighted by atomic mass is 10.3. The summed E-state index contributed by atoms with van der Waals surface area (Å²) < 4.78 is 74.7. The van der Waals surface area contributed by atoms with Gasteiger partial charge in [0.05, 0.1) is 12.2 Å². The van der Waals surface area contributed by atoms with Crippen LogP contribution in [0.25, 0.3) is 0 Å². The normalized spacial score (nSPS) is 12.7. The lowest BCUT2D eigenvalue weighted by Crippen LogP contribution is -2.41. The molecule has 0 atom stereocenters. The van der Waals surface area contributed by atoms with Crippen molar-refractivity contribution in [3.05, 3.63) is 24.3 Å². The number of anilines is 1. The van der Waals surface area contributed by atoms with Crippen LogP contribution in [0.4, 0.5) is 23.2 Å². The third-order valence-electron chi connectivity index (χ3n) is 2.36. The number of rotatable bonds is 7. The van der Waals surface area contributed by atoms with E-state index >= 15 is 0 Å². The van der Waals surface area contributed by atoms with Crippen molar-refractivity contribution >= 4 is 15.7 Å². The Hall–Kier alpha value is -1.35. The van der Waals surface area contributed by atoms with E-state index < -0.39 is 28.9 Å². The highest BCUT2D eigenvalue weighted by atomic mass is 32.2. The molecule has 0 aromatic heterocycles. The van der Waals surface area contributed by atoms with Crippen molar-refractivity contribution in [2.24, 2.45) is 0 Å². The molecule has 20 heavy (non-hydrogen) atoms. The molecule has 0 fully saturated rings. The second kappa shape index (κ2) is 6.40. The monoisotopic (exact) mass is 314 g/mol. The van der Waals surface area contributed by atoms with Crippen LogP contribution in [0.2, 0.25) is 0 Å². The smallest absolute Gasteiger partial charge is 0.320 e. The maximum atomic E-state index is 12.7. The molecule has 0 aliphatic heterocycles. The summed E-state index contributed by atoms with van der Waals surface area (Å²) in [5.74, 6) is -4.42. The maximum Gasteiger partial charge on any atom is 0.320 e. The quantitative estimate of drug-likeness (QED) is 0.759. The third kappa shape index (κ3) is 4.07. The fourth-order valence-corrected chi connectivity index (χ4v) is 2.61. The molecule has 2 N–H and O–H groups in total. The van der Waals surface area contributed by atoms with Gasteiger partial charge in [0.2, 0.25) is 10.0 Å². The molecule has 0 aliphatic carbocycles. The second-order valence-electron chi connectivity index (χ2n) is 3.91. The summed E-state index contributed by atoms with van der Waals surface area (Å²) in [6.07, 6.45) is -3.94. The van der Waals surface area contributed by atoms with Crippen LogP contribution in [0, 0.1) is 0 Å². The van der Waals surface area contributed by atoms with Crippen molar-refractivity contribution in [2.75, 3.05) is 18.4 Å². The number of hydrogen-bond acceptors (Lipinski definition) is 3. The Labute approximate surface area is 114 Å². The fraction of sp³-hybridized carbons (Fsp3) is 0.455. The van der Waals surface area contributed by atoms with E-state index in [0.29, 0.717) is 6.54 Å². The number of hydrogen-bond donors (Lipinski definition) is 2. The summed E-state index contributed by atoms with van der Waals surface area (Å²) >= 11 is 0. The molecular formula is C11H14F4N2O2S. The van der Waals surface area contributed by atoms with E-state index in [9.17, 15) is 26.0 Å². The zero-order valence-electron chi connectivity index (χ0n) is 10.5. The lowest BCUT2D eigenvalue weighted by Gasteiger charge is -2.17. The Morgan fingerprint density at radius 1 is 1.25 bits per heavy atom. The molecule has 9 heteroatoms. The van der Waals surface area contributed by atoms with Crippen molar-refractivity contribution in [2.45, 2.75) is 24.2 Å². The molecule has 0 heterocycles. The first-order valence-corrected chi connectivity index (χ1v) is 7.17. The molecule has 0 radical (unpaired) electrons. The topological polar surface area (TPSA) is 58.2 Å². The standard InChI is InChI=1S/C11H14F4N2O2S/c1-2-16-8-5-3-4-6-9(8)20(18,19)17-7-11(14,15)10(12)13/h3-6,10,16-17H,2,7H2,1H3. The zero-order valence-corrected chi connectivity index (χ0v) is 11.4. The molecule has 0 unspecified atom stereocenters. The van der Waals surface area contributed by atoms with Crippen molar-refractivity contribution in [3.63, 3.8) is 0 Å². The van der Waals surface area contributed by atoms with E-state index in [0.717, 1.165) is 0 Å². The van der Waals surface area contributed by atoms with Gasteiger partial charge in [0.1, 0.15) is 4.90 Å². The second-order valence-corrected chi connectivity index (χ2v) is 5.65. The van der Waals surface area contributed by atoms with Crippen LogP contribution in [0.1, 0.15) is 6.92 Å². The third-order valence-corrected chi connectivity index (χ3v) is 3.82. The van der Waals surface area contributed by atoms with E-state index in [2.05, 4.69) is 5.32 Å². The minimum Gasteiger partial charge on any atom is -0.384 e. The molecular weight excluding hydrogens is 300 g/mol. The summed E-state index contributed by atoms with van der Waals surface area (Å²) in [5.41, 5.74) is 0.211. The zero-order chi connectivity index (χ0) is 15.4. The van der Waals surface area contributed by atoms with Crippen LogP contribution in [0.5, 0.6) is 0 Å². The highest BCUT2D eigenvalue weighted by molar-refractivity contribution is 7.89. The SMILES string of the molecule is CCNc1ccccc1S(=O)(=O)NCC(F)(F)C(F)F. The number of sulfonamides is 1. The summed E-state index contributed by atoms with van der Waals surface area (Å²) in [6.45, 7) is 0.481. The van der Waals surface area contributed by atoms with E-state index in [1.165, 1.54) is 22.9 Å². The fourth-order valence-electron chi connectivity index (χ4n) is 1.38. The molecule has 114 valence electrons. The molecule has 0 saturated heterocycles. The first-order valence-electron chi connectivity index (χ1n) is 5.69. The summed E-state index contributed by atoms with van der Waals surface area (Å²) in [4.78, 5) is -0.271. The predicted octanol–water partition coefficient (Wildman–Crippen LogP) is 2.30. The first kappa shape index (κ1) is 16.7. The van der Waals surface area contributed by atoms with E-state index in [4.69, 9.17) is 0 Å². The van der Waals surface area contributed by atoms with Crippen LogP contribution in [-0.4, -0.2) is 33.9 Å². The van der Waals surface area contributed by atoms with Crippen molar-refractivity contribution < 1.29 is 26.0 Å². The van der Waals surface area contributed by atoms with Gasteiger partial charge in [-0.1, -0.05) is 12.1 Å². The number of halogens is 4. The predicted molar refractivity (Wildman–Crippen MR) is 66.7 cm³/mol. The van der Waals surface area contributed by atoms with Crippen LogP contribution in [-0.2, 0) is 10.0 Å². The van der Waals surface area contributed by atoms with E-state index in [-0.39, 0.29) is 10.6 Å². The van der Waals surface area contributed by atoms with Crippen molar-refractivity contribution in [1.29, 1.82) is 0 Å². The number of alkyl halides is 4. The molecule has 1 aromatic rings. The molecule has 4 nitrogen and oxygen atoms in total. The van der Waals surface area contributed by atoms with Gasteiger partial charge in [0, 0.05) is 6.54 Å². The van der Waals surface area contributed by atoms with Gasteiger partial charge in [-0.25, -0.2) is 21.9 Å². The Kier molecular flexibility index (Phi) is 5.35. The average molecular weight is 314 g/mol. The highest BCUT2D eigenvalue weighted by Gasteiger charge is 2.41. The molecule has 0 aliphatic rings. The lowest BCUT2D eigenvalue weighted by molar-refractivity contribution is -0.122. The molecule has 0 spiro atoms. The maximum absolute atomic E-state index is 12.7. The van der Waals surface area contributed by atoms with Crippen molar-refractivity contribution in [1.82, 2.24) is 4.72 Å². The Bertz CT molecular complexity index is 549. The number of nitrogens with one attached hydrogen (secondary N) is 2. The molecule has 1 rings (SSSR count). The largest absolute Gasteiger partial charge is 0.384 e. The molecule has 0 bridgehead atoms. The summed E-state index contributed by atoms with van der Waals surface area (Å²) in [5, 5.41) is 2.75. The average Bonchev–Trinajstić information content (AvgIpc) is 2.37. The summed E-state index contributed by atoms with van der Waals surface area (Å²) in [6, 6.07) is 5.61. The van der Waals surface area contributed by atoms with Crippen LogP contribution >= 0.6 is 0 Å². The Balaban J connectivity index is 2.95. The van der Waals surface area contributed by atoms with Crippen molar-refractivity contribution in [3.8, 4) is 0 Å². The van der Waals surface area contributed by atoms with Gasteiger partial charge in [-0.15, -0.1) is 0 Å². The van der Waals surface area contributed by atoms with E-state index in [1.54, 1.807) is 13.0 Å². The molecule has 1 aromatic carbocycles. The molecule has 0 saturated carbocycles. The number of para-hydroxylation sites is 1. The summed E-state index contributed by atoms with van der Waals surface area (Å²) in [7, 11) is -4.31. The van der Waals surface area contributed by atoms with Crippen LogP contribution in [0.15, 0.2) is 29.2 Å². The Morgan fingerprint density at radius 3 is 2.40 bits per heavy atom. The van der Waals surface area contributed by atoms with Gasteiger partial charge in [0.15, 0.2) is 0 Å². The van der Waals surface area contributed by atoms with Gasteiger partial charge >= 0.3 is 12.3 Å². The van der Waals surface area contributed by atoms with Gasteiger partial charge in [-0.3, -0.25) is 0 Å². The minimum atomic E-state index is -4.42. The van der Waals surface area contributed by atoms with E-state index in [1.807, 2.05) is 0 Å².